The van der Waals surface area contributed by atoms with Crippen LogP contribution in [0.1, 0.15) is 30.4 Å². The first-order valence-corrected chi connectivity index (χ1v) is 7.85. The van der Waals surface area contributed by atoms with Gasteiger partial charge in [0.25, 0.3) is 0 Å². The largest absolute Gasteiger partial charge is 0.482 e. The highest BCUT2D eigenvalue weighted by Crippen LogP contribution is 2.32. The Labute approximate surface area is 136 Å². The summed E-state index contributed by atoms with van der Waals surface area (Å²) in [6, 6.07) is 14.9. The van der Waals surface area contributed by atoms with Gasteiger partial charge in [-0.25, -0.2) is 0 Å². The number of aryl methyl sites for hydroxylation is 1. The quantitative estimate of drug-likeness (QED) is 0.433. The average molecular weight is 314 g/mol. The van der Waals surface area contributed by atoms with Gasteiger partial charge in [0.2, 0.25) is 0 Å². The van der Waals surface area contributed by atoms with E-state index in [9.17, 15) is 10.1 Å². The van der Waals surface area contributed by atoms with Crippen molar-refractivity contribution in [1.82, 2.24) is 0 Å². The molecule has 122 valence electrons. The molecule has 0 saturated carbocycles. The SMILES string of the molecule is NCCCCCc1cccc(OCc2ccccc2)c1[N+](=O)[O-]. The van der Waals surface area contributed by atoms with E-state index in [4.69, 9.17) is 10.5 Å². The molecule has 0 fully saturated rings. The van der Waals surface area contributed by atoms with Crippen LogP contribution in [0.4, 0.5) is 5.69 Å². The predicted octanol–water partition coefficient (Wildman–Crippen LogP) is 3.85. The summed E-state index contributed by atoms with van der Waals surface area (Å²) in [6.45, 7) is 0.973. The molecule has 0 bridgehead atoms. The smallest absolute Gasteiger partial charge is 0.314 e. The standard InChI is InChI=1S/C18H22N2O3/c19-13-6-2-5-10-16-11-7-12-17(18(16)20(21)22)23-14-15-8-3-1-4-9-15/h1,3-4,7-9,11-12H,2,5-6,10,13-14,19H2. The van der Waals surface area contributed by atoms with E-state index in [0.717, 1.165) is 30.4 Å². The first-order chi connectivity index (χ1) is 11.2. The molecule has 0 radical (unpaired) electrons. The van der Waals surface area contributed by atoms with E-state index < -0.39 is 0 Å². The molecule has 0 spiro atoms. The van der Waals surface area contributed by atoms with Gasteiger partial charge in [0.1, 0.15) is 6.61 Å². The molecular weight excluding hydrogens is 292 g/mol. The number of unbranched alkanes of at least 4 members (excludes halogenated alkanes) is 2. The van der Waals surface area contributed by atoms with Gasteiger partial charge in [0, 0.05) is 5.56 Å². The van der Waals surface area contributed by atoms with Crippen LogP contribution in [0.25, 0.3) is 0 Å². The van der Waals surface area contributed by atoms with Gasteiger partial charge >= 0.3 is 5.69 Å². The molecule has 0 aliphatic carbocycles. The van der Waals surface area contributed by atoms with Crippen LogP contribution in [0.15, 0.2) is 48.5 Å². The van der Waals surface area contributed by atoms with Gasteiger partial charge in [-0.1, -0.05) is 48.9 Å². The third-order valence-electron chi connectivity index (χ3n) is 3.65. The van der Waals surface area contributed by atoms with E-state index in [1.54, 1.807) is 12.1 Å². The average Bonchev–Trinajstić information content (AvgIpc) is 2.57. The molecule has 2 N–H and O–H groups in total. The Balaban J connectivity index is 2.10. The van der Waals surface area contributed by atoms with E-state index in [1.807, 2.05) is 36.4 Å². The van der Waals surface area contributed by atoms with Crippen LogP contribution in [-0.4, -0.2) is 11.5 Å². The van der Waals surface area contributed by atoms with E-state index in [-0.39, 0.29) is 10.6 Å². The number of rotatable bonds is 9. The number of hydrogen-bond donors (Lipinski definition) is 1. The summed E-state index contributed by atoms with van der Waals surface area (Å²) in [6.07, 6.45) is 3.47. The van der Waals surface area contributed by atoms with Gasteiger partial charge in [0.15, 0.2) is 5.75 Å². The van der Waals surface area contributed by atoms with Crippen molar-refractivity contribution < 1.29 is 9.66 Å². The fourth-order valence-electron chi connectivity index (χ4n) is 2.47. The molecule has 2 rings (SSSR count). The van der Waals surface area contributed by atoms with Crippen molar-refractivity contribution in [2.75, 3.05) is 6.54 Å². The molecule has 5 nitrogen and oxygen atoms in total. The molecule has 0 heterocycles. The second-order valence-corrected chi connectivity index (χ2v) is 5.39. The summed E-state index contributed by atoms with van der Waals surface area (Å²) in [5.41, 5.74) is 7.26. The lowest BCUT2D eigenvalue weighted by molar-refractivity contribution is -0.386. The van der Waals surface area contributed by atoms with Crippen molar-refractivity contribution in [3.8, 4) is 5.75 Å². The molecule has 0 amide bonds. The minimum absolute atomic E-state index is 0.0798. The number of nitro groups is 1. The number of hydrogen-bond acceptors (Lipinski definition) is 4. The Morgan fingerprint density at radius 3 is 2.48 bits per heavy atom. The van der Waals surface area contributed by atoms with Gasteiger partial charge in [0.05, 0.1) is 4.92 Å². The molecule has 5 heteroatoms. The summed E-state index contributed by atoms with van der Waals surface area (Å²) in [5.74, 6) is 0.329. The molecule has 23 heavy (non-hydrogen) atoms. The van der Waals surface area contributed by atoms with Crippen molar-refractivity contribution in [3.63, 3.8) is 0 Å². The molecule has 2 aromatic carbocycles. The zero-order valence-electron chi connectivity index (χ0n) is 13.1. The number of para-hydroxylation sites is 1. The first kappa shape index (κ1) is 17.0. The zero-order chi connectivity index (χ0) is 16.5. The number of benzene rings is 2. The summed E-state index contributed by atoms with van der Waals surface area (Å²) in [4.78, 5) is 11.1. The number of ether oxygens (including phenoxy) is 1. The van der Waals surface area contributed by atoms with Gasteiger partial charge in [-0.3, -0.25) is 10.1 Å². The van der Waals surface area contributed by atoms with Crippen LogP contribution in [0.3, 0.4) is 0 Å². The third kappa shape index (κ3) is 5.07. The molecule has 0 aliphatic rings. The summed E-state index contributed by atoms with van der Waals surface area (Å²) >= 11 is 0. The minimum Gasteiger partial charge on any atom is -0.482 e. The van der Waals surface area contributed by atoms with E-state index in [2.05, 4.69) is 0 Å². The lowest BCUT2D eigenvalue weighted by Crippen LogP contribution is -2.03. The lowest BCUT2D eigenvalue weighted by Gasteiger charge is -2.10. The van der Waals surface area contributed by atoms with Crippen molar-refractivity contribution in [2.24, 2.45) is 5.73 Å². The van der Waals surface area contributed by atoms with Gasteiger partial charge < -0.3 is 10.5 Å². The highest BCUT2D eigenvalue weighted by molar-refractivity contribution is 5.52. The maximum Gasteiger partial charge on any atom is 0.314 e. The number of nitrogens with two attached hydrogens (primary N) is 1. The maximum absolute atomic E-state index is 11.4. The topological polar surface area (TPSA) is 78.4 Å². The second kappa shape index (κ2) is 8.90. The first-order valence-electron chi connectivity index (χ1n) is 7.85. The van der Waals surface area contributed by atoms with Crippen LogP contribution in [0, 0.1) is 10.1 Å². The predicted molar refractivity (Wildman–Crippen MR) is 90.5 cm³/mol. The normalized spacial score (nSPS) is 10.5. The lowest BCUT2D eigenvalue weighted by atomic mass is 10.0. The van der Waals surface area contributed by atoms with Crippen molar-refractivity contribution >= 4 is 5.69 Å². The Morgan fingerprint density at radius 2 is 1.78 bits per heavy atom. The fraction of sp³-hybridized carbons (Fsp3) is 0.333. The molecule has 0 aliphatic heterocycles. The number of nitro benzene ring substituents is 1. The molecule has 2 aromatic rings. The van der Waals surface area contributed by atoms with Crippen molar-refractivity contribution in [1.29, 1.82) is 0 Å². The Hall–Kier alpha value is -2.40. The van der Waals surface area contributed by atoms with Gasteiger partial charge in [-0.15, -0.1) is 0 Å². The highest BCUT2D eigenvalue weighted by atomic mass is 16.6. The summed E-state index contributed by atoms with van der Waals surface area (Å²) in [5, 5.41) is 11.4. The Bertz CT molecular complexity index is 629. The molecular formula is C18H22N2O3. The third-order valence-corrected chi connectivity index (χ3v) is 3.65. The summed E-state index contributed by atoms with van der Waals surface area (Å²) in [7, 11) is 0. The van der Waals surface area contributed by atoms with Crippen molar-refractivity contribution in [2.45, 2.75) is 32.3 Å². The number of nitrogens with zero attached hydrogens (tertiary/aromatic N) is 1. The fourth-order valence-corrected chi connectivity index (χ4v) is 2.47. The molecule has 0 unspecified atom stereocenters. The van der Waals surface area contributed by atoms with E-state index >= 15 is 0 Å². The molecule has 0 atom stereocenters. The monoisotopic (exact) mass is 314 g/mol. The van der Waals surface area contributed by atoms with Crippen LogP contribution in [0.2, 0.25) is 0 Å². The maximum atomic E-state index is 11.4. The highest BCUT2D eigenvalue weighted by Gasteiger charge is 2.20. The van der Waals surface area contributed by atoms with Crippen LogP contribution < -0.4 is 10.5 Å². The Morgan fingerprint density at radius 1 is 1.00 bits per heavy atom. The van der Waals surface area contributed by atoms with Crippen LogP contribution in [0.5, 0.6) is 5.75 Å². The van der Waals surface area contributed by atoms with E-state index in [1.165, 1.54) is 0 Å². The van der Waals surface area contributed by atoms with Crippen molar-refractivity contribution in [3.05, 3.63) is 69.8 Å². The van der Waals surface area contributed by atoms with Gasteiger partial charge in [-0.2, -0.15) is 0 Å². The van der Waals surface area contributed by atoms with Gasteiger partial charge in [-0.05, 0) is 37.4 Å². The van der Waals surface area contributed by atoms with Crippen LogP contribution in [-0.2, 0) is 13.0 Å². The Kier molecular flexibility index (Phi) is 6.56. The van der Waals surface area contributed by atoms with E-state index in [0.29, 0.717) is 25.3 Å². The molecule has 0 saturated heterocycles. The molecule has 0 aromatic heterocycles. The van der Waals surface area contributed by atoms with Crippen LogP contribution >= 0.6 is 0 Å². The summed E-state index contributed by atoms with van der Waals surface area (Å²) < 4.78 is 5.69. The minimum atomic E-state index is -0.349. The second-order valence-electron chi connectivity index (χ2n) is 5.39. The zero-order valence-corrected chi connectivity index (χ0v) is 13.1.